The van der Waals surface area contributed by atoms with Crippen molar-refractivity contribution >= 4 is 49.1 Å². The molecular weight excluding hydrogens is 318 g/mol. The molecule has 1 saturated carbocycles. The topological polar surface area (TPSA) is 29.1 Å². The lowest BCUT2D eigenvalue weighted by Gasteiger charge is -2.00. The molecule has 0 saturated heterocycles. The predicted molar refractivity (Wildman–Crippen MR) is 60.2 cm³/mol. The van der Waals surface area contributed by atoms with E-state index in [9.17, 15) is 4.79 Å². The summed E-state index contributed by atoms with van der Waals surface area (Å²) in [6.45, 7) is 0. The third kappa shape index (κ3) is 2.33. The lowest BCUT2D eigenvalue weighted by Crippen LogP contribution is -2.25. The first kappa shape index (κ1) is 9.68. The molecular formula is C8H7Br2NOS. The Kier molecular flexibility index (Phi) is 2.76. The maximum absolute atomic E-state index is 11.6. The summed E-state index contributed by atoms with van der Waals surface area (Å²) >= 11 is 8.21. The first-order valence-electron chi connectivity index (χ1n) is 3.92. The van der Waals surface area contributed by atoms with Crippen molar-refractivity contribution in [2.75, 3.05) is 0 Å². The second kappa shape index (κ2) is 3.71. The zero-order chi connectivity index (χ0) is 9.42. The van der Waals surface area contributed by atoms with Gasteiger partial charge in [0.25, 0.3) is 5.91 Å². The van der Waals surface area contributed by atoms with Gasteiger partial charge < -0.3 is 5.32 Å². The van der Waals surface area contributed by atoms with Crippen molar-refractivity contribution in [2.24, 2.45) is 0 Å². The van der Waals surface area contributed by atoms with Crippen LogP contribution in [0.3, 0.4) is 0 Å². The van der Waals surface area contributed by atoms with Gasteiger partial charge in [0.1, 0.15) is 0 Å². The highest BCUT2D eigenvalue weighted by atomic mass is 79.9. The Morgan fingerprint density at radius 3 is 2.69 bits per heavy atom. The fourth-order valence-corrected chi connectivity index (χ4v) is 3.78. The van der Waals surface area contributed by atoms with Crippen molar-refractivity contribution in [1.29, 1.82) is 0 Å². The number of amides is 1. The second-order valence-electron chi connectivity index (χ2n) is 2.99. The molecule has 1 aliphatic rings. The Morgan fingerprint density at radius 1 is 1.54 bits per heavy atom. The molecule has 0 unspecified atom stereocenters. The number of thiophene rings is 1. The van der Waals surface area contributed by atoms with Gasteiger partial charge in [-0.1, -0.05) is 0 Å². The summed E-state index contributed by atoms with van der Waals surface area (Å²) in [5.41, 5.74) is 0.726. The molecule has 0 bridgehead atoms. The minimum Gasteiger partial charge on any atom is -0.349 e. The van der Waals surface area contributed by atoms with E-state index in [2.05, 4.69) is 37.2 Å². The molecule has 2 rings (SSSR count). The van der Waals surface area contributed by atoms with Gasteiger partial charge in [-0.2, -0.15) is 0 Å². The molecule has 1 aromatic rings. The van der Waals surface area contributed by atoms with Crippen molar-refractivity contribution in [3.63, 3.8) is 0 Å². The van der Waals surface area contributed by atoms with E-state index in [1.54, 1.807) is 0 Å². The number of carbonyl (C=O) groups is 1. The molecule has 1 fully saturated rings. The number of hydrogen-bond donors (Lipinski definition) is 1. The van der Waals surface area contributed by atoms with Gasteiger partial charge in [0.05, 0.1) is 13.1 Å². The van der Waals surface area contributed by atoms with Crippen LogP contribution in [0, 0.1) is 0 Å². The minimum atomic E-state index is 0.0244. The van der Waals surface area contributed by atoms with E-state index in [4.69, 9.17) is 0 Å². The molecule has 1 aliphatic carbocycles. The van der Waals surface area contributed by atoms with Gasteiger partial charge in [0.2, 0.25) is 0 Å². The highest BCUT2D eigenvalue weighted by molar-refractivity contribution is 9.12. The summed E-state index contributed by atoms with van der Waals surface area (Å²) < 4.78 is 1.86. The molecule has 2 nitrogen and oxygen atoms in total. The maximum atomic E-state index is 11.6. The number of rotatable bonds is 2. The molecule has 0 spiro atoms. The van der Waals surface area contributed by atoms with Crippen molar-refractivity contribution < 1.29 is 4.79 Å². The molecule has 13 heavy (non-hydrogen) atoms. The minimum absolute atomic E-state index is 0.0244. The Morgan fingerprint density at radius 2 is 2.23 bits per heavy atom. The molecule has 1 amide bonds. The Balaban J connectivity index is 2.13. The van der Waals surface area contributed by atoms with Crippen molar-refractivity contribution in [3.8, 4) is 0 Å². The van der Waals surface area contributed by atoms with Crippen LogP contribution in [0.4, 0.5) is 0 Å². The van der Waals surface area contributed by atoms with Crippen LogP contribution in [-0.2, 0) is 0 Å². The van der Waals surface area contributed by atoms with Crippen LogP contribution in [-0.4, -0.2) is 11.9 Å². The first-order valence-corrected chi connectivity index (χ1v) is 6.33. The van der Waals surface area contributed by atoms with E-state index in [-0.39, 0.29) is 5.91 Å². The van der Waals surface area contributed by atoms with Crippen molar-refractivity contribution in [3.05, 3.63) is 19.2 Å². The van der Waals surface area contributed by atoms with Gasteiger partial charge in [-0.05, 0) is 50.8 Å². The number of carbonyl (C=O) groups excluding carboxylic acids is 1. The Hall–Kier alpha value is 0.130. The zero-order valence-corrected chi connectivity index (χ0v) is 10.6. The lowest BCUT2D eigenvalue weighted by atomic mass is 10.3. The normalized spacial score (nSPS) is 15.8. The monoisotopic (exact) mass is 323 g/mol. The van der Waals surface area contributed by atoms with E-state index in [0.29, 0.717) is 6.04 Å². The fourth-order valence-electron chi connectivity index (χ4n) is 0.986. The number of halogens is 2. The zero-order valence-electron chi connectivity index (χ0n) is 6.64. The van der Waals surface area contributed by atoms with Crippen LogP contribution >= 0.6 is 43.2 Å². The Labute approximate surface area is 97.0 Å². The van der Waals surface area contributed by atoms with Gasteiger partial charge in [-0.3, -0.25) is 4.79 Å². The molecule has 0 aliphatic heterocycles. The quantitative estimate of drug-likeness (QED) is 0.889. The smallest absolute Gasteiger partial charge is 0.253 e. The molecule has 70 valence electrons. The summed E-state index contributed by atoms with van der Waals surface area (Å²) in [6.07, 6.45) is 2.24. The second-order valence-corrected chi connectivity index (χ2v) is 6.73. The third-order valence-electron chi connectivity index (χ3n) is 1.81. The number of nitrogens with one attached hydrogen (secondary N) is 1. The standard InChI is InChI=1S/C8H7Br2NOS/c9-6-3-5(7(10)13-6)8(12)11-4-1-2-4/h3-4H,1-2H2,(H,11,12). The lowest BCUT2D eigenvalue weighted by molar-refractivity contribution is 0.0951. The molecule has 1 aromatic heterocycles. The predicted octanol–water partition coefficient (Wildman–Crippen LogP) is 3.17. The average molecular weight is 325 g/mol. The molecule has 1 N–H and O–H groups in total. The van der Waals surface area contributed by atoms with Crippen LogP contribution in [0.2, 0.25) is 0 Å². The fraction of sp³-hybridized carbons (Fsp3) is 0.375. The van der Waals surface area contributed by atoms with Gasteiger partial charge in [-0.15, -0.1) is 11.3 Å². The SMILES string of the molecule is O=C(NC1CC1)c1cc(Br)sc1Br. The van der Waals surface area contributed by atoms with Gasteiger partial charge in [0.15, 0.2) is 0 Å². The van der Waals surface area contributed by atoms with E-state index >= 15 is 0 Å². The van der Waals surface area contributed by atoms with Crippen LogP contribution in [0.5, 0.6) is 0 Å². The highest BCUT2D eigenvalue weighted by Crippen LogP contribution is 2.32. The third-order valence-corrected chi connectivity index (χ3v) is 4.15. The summed E-state index contributed by atoms with van der Waals surface area (Å²) in [4.78, 5) is 11.6. The van der Waals surface area contributed by atoms with Crippen molar-refractivity contribution in [1.82, 2.24) is 5.32 Å². The Bertz CT molecular complexity index is 346. The molecule has 0 atom stereocenters. The molecule has 1 heterocycles. The summed E-state index contributed by atoms with van der Waals surface area (Å²) in [5.74, 6) is 0.0244. The number of hydrogen-bond acceptors (Lipinski definition) is 2. The maximum Gasteiger partial charge on any atom is 0.253 e. The highest BCUT2D eigenvalue weighted by Gasteiger charge is 2.25. The van der Waals surface area contributed by atoms with Crippen LogP contribution in [0.1, 0.15) is 23.2 Å². The summed E-state index contributed by atoms with van der Waals surface area (Å²) in [7, 11) is 0. The summed E-state index contributed by atoms with van der Waals surface area (Å²) in [5, 5.41) is 2.94. The van der Waals surface area contributed by atoms with Crippen molar-refractivity contribution in [2.45, 2.75) is 18.9 Å². The molecule has 0 radical (unpaired) electrons. The first-order chi connectivity index (χ1) is 6.16. The van der Waals surface area contributed by atoms with Crippen LogP contribution in [0.25, 0.3) is 0 Å². The van der Waals surface area contributed by atoms with Gasteiger partial charge in [0, 0.05) is 6.04 Å². The van der Waals surface area contributed by atoms with E-state index in [0.717, 1.165) is 26.0 Å². The van der Waals surface area contributed by atoms with E-state index in [1.165, 1.54) is 11.3 Å². The summed E-state index contributed by atoms with van der Waals surface area (Å²) in [6, 6.07) is 2.25. The van der Waals surface area contributed by atoms with Gasteiger partial charge in [-0.25, -0.2) is 0 Å². The van der Waals surface area contributed by atoms with Crippen LogP contribution in [0.15, 0.2) is 13.6 Å². The largest absolute Gasteiger partial charge is 0.349 e. The molecule has 5 heteroatoms. The van der Waals surface area contributed by atoms with Crippen LogP contribution < -0.4 is 5.32 Å². The van der Waals surface area contributed by atoms with E-state index in [1.807, 2.05) is 6.07 Å². The average Bonchev–Trinajstić information content (AvgIpc) is 2.77. The molecule has 0 aromatic carbocycles. The van der Waals surface area contributed by atoms with E-state index < -0.39 is 0 Å². The van der Waals surface area contributed by atoms with Gasteiger partial charge >= 0.3 is 0 Å².